The van der Waals surface area contributed by atoms with Crippen LogP contribution in [0.2, 0.25) is 0 Å². The normalized spacial score (nSPS) is 13.7. The molecule has 0 spiro atoms. The average Bonchev–Trinajstić information content (AvgIpc) is 2.99. The summed E-state index contributed by atoms with van der Waals surface area (Å²) in [6, 6.07) is 14.6. The highest BCUT2D eigenvalue weighted by Gasteiger charge is 2.24. The van der Waals surface area contributed by atoms with Crippen LogP contribution in [0.15, 0.2) is 48.5 Å². The molecule has 6 nitrogen and oxygen atoms in total. The molecule has 126 valence electrons. The van der Waals surface area contributed by atoms with Crippen LogP contribution in [-0.4, -0.2) is 27.3 Å². The first-order chi connectivity index (χ1) is 12.1. The van der Waals surface area contributed by atoms with Gasteiger partial charge in [0.15, 0.2) is 0 Å². The Balaban J connectivity index is 1.58. The van der Waals surface area contributed by atoms with E-state index in [-0.39, 0.29) is 16.5 Å². The molecule has 0 saturated heterocycles. The Morgan fingerprint density at radius 2 is 2.00 bits per heavy atom. The third-order valence-corrected chi connectivity index (χ3v) is 4.72. The summed E-state index contributed by atoms with van der Waals surface area (Å²) >= 11 is 0. The van der Waals surface area contributed by atoms with Crippen molar-refractivity contribution in [2.24, 2.45) is 0 Å². The zero-order valence-electron chi connectivity index (χ0n) is 13.6. The van der Waals surface area contributed by atoms with Gasteiger partial charge in [0.05, 0.1) is 17.9 Å². The van der Waals surface area contributed by atoms with Crippen LogP contribution in [0.4, 0.5) is 5.69 Å². The van der Waals surface area contributed by atoms with Gasteiger partial charge in [-0.05, 0) is 23.6 Å². The monoisotopic (exact) mass is 335 g/mol. The van der Waals surface area contributed by atoms with Crippen molar-refractivity contribution in [1.29, 1.82) is 0 Å². The molecule has 1 amide bonds. The van der Waals surface area contributed by atoms with Crippen molar-refractivity contribution in [3.63, 3.8) is 0 Å². The number of nitro groups is 1. The number of hydrogen-bond acceptors (Lipinski definition) is 3. The molecular formula is C19H17N3O3. The minimum atomic E-state index is -0.378. The maximum absolute atomic E-state index is 12.6. The van der Waals surface area contributed by atoms with Crippen molar-refractivity contribution in [2.45, 2.75) is 19.4 Å². The van der Waals surface area contributed by atoms with Gasteiger partial charge in [-0.3, -0.25) is 14.9 Å². The second kappa shape index (κ2) is 6.05. The van der Waals surface area contributed by atoms with Crippen molar-refractivity contribution >= 4 is 22.5 Å². The predicted molar refractivity (Wildman–Crippen MR) is 94.2 cm³/mol. The zero-order valence-corrected chi connectivity index (χ0v) is 13.6. The lowest BCUT2D eigenvalue weighted by Gasteiger charge is -2.27. The summed E-state index contributed by atoms with van der Waals surface area (Å²) < 4.78 is 0. The number of carbonyl (C=O) groups is 1. The van der Waals surface area contributed by atoms with E-state index < -0.39 is 0 Å². The number of nitrogens with one attached hydrogen (secondary N) is 1. The SMILES string of the molecule is O=C(Cc1ccccc1)N1CCc2c([nH]c3ccc([N+](=O)[O-])cc23)C1. The summed E-state index contributed by atoms with van der Waals surface area (Å²) in [5, 5.41) is 11.9. The van der Waals surface area contributed by atoms with Crippen LogP contribution in [0.5, 0.6) is 0 Å². The Bertz CT molecular complexity index is 963. The summed E-state index contributed by atoms with van der Waals surface area (Å²) in [5.74, 6) is 0.0986. The molecule has 0 aliphatic carbocycles. The molecule has 1 aliphatic heterocycles. The number of amides is 1. The van der Waals surface area contributed by atoms with Gasteiger partial charge < -0.3 is 9.88 Å². The van der Waals surface area contributed by atoms with Crippen LogP contribution in [0.25, 0.3) is 10.9 Å². The second-order valence-electron chi connectivity index (χ2n) is 6.30. The van der Waals surface area contributed by atoms with Crippen molar-refractivity contribution in [1.82, 2.24) is 9.88 Å². The van der Waals surface area contributed by atoms with E-state index in [0.29, 0.717) is 25.9 Å². The first kappa shape index (κ1) is 15.4. The second-order valence-corrected chi connectivity index (χ2v) is 6.30. The van der Waals surface area contributed by atoms with Crippen molar-refractivity contribution in [3.05, 3.63) is 75.5 Å². The summed E-state index contributed by atoms with van der Waals surface area (Å²) in [4.78, 5) is 28.3. The Labute approximate surface area is 144 Å². The molecule has 0 atom stereocenters. The van der Waals surface area contributed by atoms with Gasteiger partial charge in [-0.15, -0.1) is 0 Å². The lowest BCUT2D eigenvalue weighted by molar-refractivity contribution is -0.384. The molecule has 1 aliphatic rings. The van der Waals surface area contributed by atoms with Gasteiger partial charge in [-0.2, -0.15) is 0 Å². The van der Waals surface area contributed by atoms with E-state index in [1.807, 2.05) is 35.2 Å². The number of carbonyl (C=O) groups excluding carboxylic acids is 1. The van der Waals surface area contributed by atoms with E-state index >= 15 is 0 Å². The molecule has 25 heavy (non-hydrogen) atoms. The molecule has 1 N–H and O–H groups in total. The number of aromatic amines is 1. The Kier molecular flexibility index (Phi) is 3.72. The number of H-pyrrole nitrogens is 1. The minimum Gasteiger partial charge on any atom is -0.357 e. The fraction of sp³-hybridized carbons (Fsp3) is 0.211. The maximum atomic E-state index is 12.6. The van der Waals surface area contributed by atoms with Crippen LogP contribution in [0.1, 0.15) is 16.8 Å². The van der Waals surface area contributed by atoms with Crippen molar-refractivity contribution in [3.8, 4) is 0 Å². The Morgan fingerprint density at radius 1 is 1.20 bits per heavy atom. The molecule has 3 aromatic rings. The fourth-order valence-electron chi connectivity index (χ4n) is 3.44. The first-order valence-corrected chi connectivity index (χ1v) is 8.21. The number of aromatic nitrogens is 1. The zero-order chi connectivity index (χ0) is 17.4. The molecule has 4 rings (SSSR count). The third kappa shape index (κ3) is 2.87. The molecule has 2 aromatic carbocycles. The first-order valence-electron chi connectivity index (χ1n) is 8.21. The van der Waals surface area contributed by atoms with Gasteiger partial charge in [-0.1, -0.05) is 30.3 Å². The van der Waals surface area contributed by atoms with Crippen molar-refractivity contribution in [2.75, 3.05) is 6.54 Å². The van der Waals surface area contributed by atoms with E-state index in [1.165, 1.54) is 6.07 Å². The molecule has 0 saturated carbocycles. The van der Waals surface area contributed by atoms with Gasteiger partial charge >= 0.3 is 0 Å². The molecule has 0 unspecified atom stereocenters. The number of non-ortho nitro benzene ring substituents is 1. The lowest BCUT2D eigenvalue weighted by atomic mass is 10.0. The van der Waals surface area contributed by atoms with Gasteiger partial charge in [0.25, 0.3) is 5.69 Å². The van der Waals surface area contributed by atoms with E-state index in [9.17, 15) is 14.9 Å². The van der Waals surface area contributed by atoms with Crippen LogP contribution < -0.4 is 0 Å². The van der Waals surface area contributed by atoms with Crippen LogP contribution in [0.3, 0.4) is 0 Å². The summed E-state index contributed by atoms with van der Waals surface area (Å²) in [7, 11) is 0. The van der Waals surface area contributed by atoms with Crippen LogP contribution >= 0.6 is 0 Å². The standard InChI is InChI=1S/C19H17N3O3/c23-19(10-13-4-2-1-3-5-13)21-9-8-15-16-11-14(22(24)25)6-7-17(16)20-18(15)12-21/h1-7,11,20H,8-10,12H2. The van der Waals surface area contributed by atoms with Gasteiger partial charge in [-0.25, -0.2) is 0 Å². The quantitative estimate of drug-likeness (QED) is 0.589. The third-order valence-electron chi connectivity index (χ3n) is 4.72. The highest BCUT2D eigenvalue weighted by molar-refractivity contribution is 5.87. The molecule has 0 fully saturated rings. The molecule has 2 heterocycles. The highest BCUT2D eigenvalue weighted by atomic mass is 16.6. The average molecular weight is 335 g/mol. The van der Waals surface area contributed by atoms with Crippen molar-refractivity contribution < 1.29 is 9.72 Å². The maximum Gasteiger partial charge on any atom is 0.270 e. The summed E-state index contributed by atoms with van der Waals surface area (Å²) in [6.07, 6.45) is 1.10. The molecule has 0 radical (unpaired) electrons. The molecular weight excluding hydrogens is 318 g/mol. The number of nitro benzene ring substituents is 1. The Morgan fingerprint density at radius 3 is 2.76 bits per heavy atom. The van der Waals surface area contributed by atoms with Crippen LogP contribution in [0, 0.1) is 10.1 Å². The van der Waals surface area contributed by atoms with Gasteiger partial charge in [0.2, 0.25) is 5.91 Å². The smallest absolute Gasteiger partial charge is 0.270 e. The number of rotatable bonds is 3. The number of nitrogens with zero attached hydrogens (tertiary/aromatic N) is 2. The minimum absolute atomic E-state index is 0.0943. The molecule has 6 heteroatoms. The largest absolute Gasteiger partial charge is 0.357 e. The Hall–Kier alpha value is -3.15. The van der Waals surface area contributed by atoms with E-state index in [4.69, 9.17) is 0 Å². The van der Waals surface area contributed by atoms with E-state index in [1.54, 1.807) is 12.1 Å². The number of hydrogen-bond donors (Lipinski definition) is 1. The number of fused-ring (bicyclic) bond motifs is 3. The highest BCUT2D eigenvalue weighted by Crippen LogP contribution is 2.30. The summed E-state index contributed by atoms with van der Waals surface area (Å²) in [6.45, 7) is 1.15. The van der Waals surface area contributed by atoms with Crippen LogP contribution in [-0.2, 0) is 24.2 Å². The summed E-state index contributed by atoms with van der Waals surface area (Å²) in [5.41, 5.74) is 4.04. The molecule has 0 bridgehead atoms. The lowest BCUT2D eigenvalue weighted by Crippen LogP contribution is -2.36. The van der Waals surface area contributed by atoms with E-state index in [0.717, 1.165) is 27.7 Å². The van der Waals surface area contributed by atoms with E-state index in [2.05, 4.69) is 4.98 Å². The topological polar surface area (TPSA) is 79.2 Å². The fourth-order valence-corrected chi connectivity index (χ4v) is 3.44. The molecule has 1 aromatic heterocycles. The predicted octanol–water partition coefficient (Wildman–Crippen LogP) is 3.20. The number of benzene rings is 2. The van der Waals surface area contributed by atoms with Gasteiger partial charge in [0.1, 0.15) is 0 Å². The van der Waals surface area contributed by atoms with Gasteiger partial charge in [0, 0.05) is 35.3 Å².